The smallest absolute Gasteiger partial charge is 0.00262 e. The average Bonchev–Trinajstić information content (AvgIpc) is 3.39. The lowest BCUT2D eigenvalue weighted by Crippen LogP contribution is -1.91. The molecule has 0 spiro atoms. The summed E-state index contributed by atoms with van der Waals surface area (Å²) in [5.41, 5.74) is 16.1. The van der Waals surface area contributed by atoms with Crippen LogP contribution in [0.25, 0.3) is 131 Å². The van der Waals surface area contributed by atoms with E-state index in [1.807, 2.05) is 0 Å². The van der Waals surface area contributed by atoms with Crippen molar-refractivity contribution in [3.8, 4) is 66.8 Å². The van der Waals surface area contributed by atoms with Gasteiger partial charge in [0.05, 0.1) is 0 Å². The van der Waals surface area contributed by atoms with Crippen LogP contribution in [0.4, 0.5) is 0 Å². The molecule has 0 aliphatic rings. The molecule has 312 valence electrons. The molecule has 0 amide bonds. The van der Waals surface area contributed by atoms with Gasteiger partial charge in [0.25, 0.3) is 0 Å². The number of aryl methyl sites for hydroxylation is 1. The second-order valence-electron chi connectivity index (χ2n) is 18.0. The molecular weight excluding hydrogens is 805 g/mol. The van der Waals surface area contributed by atoms with E-state index >= 15 is 0 Å². The highest BCUT2D eigenvalue weighted by Crippen LogP contribution is 2.46. The van der Waals surface area contributed by atoms with Crippen molar-refractivity contribution in [3.05, 3.63) is 254 Å². The maximum Gasteiger partial charge on any atom is -0.00262 e. The molecule has 13 aromatic carbocycles. The molecule has 0 aliphatic carbocycles. The molecule has 0 fully saturated rings. The highest BCUT2D eigenvalue weighted by atomic mass is 14.2. The topological polar surface area (TPSA) is 0 Å². The monoisotopic (exact) mass is 848 g/mol. The minimum atomic E-state index is 1.20. The van der Waals surface area contributed by atoms with Crippen LogP contribution >= 0.6 is 0 Å². The fourth-order valence-corrected chi connectivity index (χ4v) is 11.0. The summed E-state index contributed by atoms with van der Waals surface area (Å²) in [5.74, 6) is 0. The Morgan fingerprint density at radius 3 is 0.761 bits per heavy atom. The van der Waals surface area contributed by atoms with Gasteiger partial charge in [-0.15, -0.1) is 0 Å². The molecule has 0 N–H and O–H groups in total. The van der Waals surface area contributed by atoms with Crippen molar-refractivity contribution in [3.63, 3.8) is 0 Å². The molecule has 0 aromatic heterocycles. The first-order valence-corrected chi connectivity index (χ1v) is 23.3. The van der Waals surface area contributed by atoms with Gasteiger partial charge in [-0.25, -0.2) is 0 Å². The van der Waals surface area contributed by atoms with Crippen LogP contribution < -0.4 is 0 Å². The molecule has 0 saturated heterocycles. The van der Waals surface area contributed by atoms with E-state index in [1.54, 1.807) is 0 Å². The van der Waals surface area contributed by atoms with Gasteiger partial charge in [-0.3, -0.25) is 0 Å². The van der Waals surface area contributed by atoms with Gasteiger partial charge in [-0.2, -0.15) is 0 Å². The van der Waals surface area contributed by atoms with E-state index in [-0.39, 0.29) is 0 Å². The molecule has 0 radical (unpaired) electrons. The van der Waals surface area contributed by atoms with Gasteiger partial charge in [-0.1, -0.05) is 231 Å². The van der Waals surface area contributed by atoms with Crippen LogP contribution in [0.5, 0.6) is 0 Å². The van der Waals surface area contributed by atoms with Crippen LogP contribution in [0, 0.1) is 6.92 Å². The zero-order valence-corrected chi connectivity index (χ0v) is 37.2. The van der Waals surface area contributed by atoms with E-state index in [9.17, 15) is 0 Å². The van der Waals surface area contributed by atoms with Crippen molar-refractivity contribution < 1.29 is 0 Å². The van der Waals surface area contributed by atoms with Gasteiger partial charge in [0.2, 0.25) is 0 Å². The Bertz CT molecular complexity index is 3700. The standard InChI is InChI=1S/C67H44/c1-43-38-54(46-26-32-48(33-27-46)64-56-18-6-10-22-60(56)66(61-23-11-7-19-57(61)64)52-36-30-44-14-2-4-16-50(44)40-52)42-55(39-43)47-28-34-49(35-29-47)65-58-20-8-12-24-62(58)67(63-25-13-9-21-59(63)65)53-37-31-45-15-3-5-17-51(45)41-53/h2-42H,1H3. The fraction of sp³-hybridized carbons (Fsp3) is 0.0149. The minimum Gasteiger partial charge on any atom is -0.0616 e. The second-order valence-corrected chi connectivity index (χ2v) is 18.0. The number of fused-ring (bicyclic) bond motifs is 6. The molecule has 13 aromatic rings. The Labute approximate surface area is 390 Å². The first-order valence-electron chi connectivity index (χ1n) is 23.3. The van der Waals surface area contributed by atoms with Crippen LogP contribution in [-0.2, 0) is 0 Å². The summed E-state index contributed by atoms with van der Waals surface area (Å²) in [5, 5.41) is 15.2. The third-order valence-electron chi connectivity index (χ3n) is 14.0. The lowest BCUT2D eigenvalue weighted by molar-refractivity contribution is 1.46. The molecule has 67 heavy (non-hydrogen) atoms. The summed E-state index contributed by atoms with van der Waals surface area (Å²) < 4.78 is 0. The quantitative estimate of drug-likeness (QED) is 0.146. The minimum absolute atomic E-state index is 1.20. The Morgan fingerprint density at radius 1 is 0.179 bits per heavy atom. The third kappa shape index (κ3) is 6.60. The van der Waals surface area contributed by atoms with E-state index in [0.717, 1.165) is 0 Å². The second kappa shape index (κ2) is 15.8. The SMILES string of the molecule is Cc1cc(-c2ccc(-c3c4ccccc4c(-c4ccc5ccccc5c4)c4ccccc34)cc2)cc(-c2ccc(-c3c4ccccc4c(-c4ccc5ccccc5c4)c4ccccc34)cc2)c1. The summed E-state index contributed by atoms with van der Waals surface area (Å²) in [4.78, 5) is 0. The van der Waals surface area contributed by atoms with Gasteiger partial charge in [0.15, 0.2) is 0 Å². The maximum atomic E-state index is 2.35. The van der Waals surface area contributed by atoms with Gasteiger partial charge in [0, 0.05) is 0 Å². The van der Waals surface area contributed by atoms with Gasteiger partial charge >= 0.3 is 0 Å². The molecule has 0 bridgehead atoms. The average molecular weight is 849 g/mol. The molecule has 0 unspecified atom stereocenters. The Balaban J connectivity index is 0.867. The zero-order valence-electron chi connectivity index (χ0n) is 37.2. The highest BCUT2D eigenvalue weighted by molar-refractivity contribution is 6.23. The lowest BCUT2D eigenvalue weighted by atomic mass is 9.85. The largest absolute Gasteiger partial charge is 0.0616 e. The van der Waals surface area contributed by atoms with Crippen molar-refractivity contribution in [1.29, 1.82) is 0 Å². The van der Waals surface area contributed by atoms with Crippen molar-refractivity contribution in [1.82, 2.24) is 0 Å². The number of hydrogen-bond donors (Lipinski definition) is 0. The molecule has 13 rings (SSSR count). The molecule has 0 atom stereocenters. The molecule has 0 nitrogen and oxygen atoms in total. The first kappa shape index (κ1) is 38.8. The first-order chi connectivity index (χ1) is 33.1. The Kier molecular flexibility index (Phi) is 9.18. The summed E-state index contributed by atoms with van der Waals surface area (Å²) in [7, 11) is 0. The van der Waals surface area contributed by atoms with Crippen LogP contribution in [0.1, 0.15) is 5.56 Å². The van der Waals surface area contributed by atoms with Crippen molar-refractivity contribution in [2.24, 2.45) is 0 Å². The molecular formula is C67H44. The number of rotatable bonds is 6. The maximum absolute atomic E-state index is 2.35. The number of hydrogen-bond acceptors (Lipinski definition) is 0. The zero-order chi connectivity index (χ0) is 44.4. The van der Waals surface area contributed by atoms with Crippen molar-refractivity contribution in [2.75, 3.05) is 0 Å². The normalized spacial score (nSPS) is 11.7. The van der Waals surface area contributed by atoms with Gasteiger partial charge in [-0.05, 0) is 162 Å². The summed E-state index contributed by atoms with van der Waals surface area (Å²) >= 11 is 0. The molecule has 0 aliphatic heterocycles. The third-order valence-corrected chi connectivity index (χ3v) is 14.0. The summed E-state index contributed by atoms with van der Waals surface area (Å²) in [6, 6.07) is 92.2. The number of benzene rings is 13. The lowest BCUT2D eigenvalue weighted by Gasteiger charge is -2.18. The van der Waals surface area contributed by atoms with Crippen LogP contribution in [0.2, 0.25) is 0 Å². The Hall–Kier alpha value is -8.58. The Morgan fingerprint density at radius 2 is 0.433 bits per heavy atom. The van der Waals surface area contributed by atoms with E-state index in [4.69, 9.17) is 0 Å². The van der Waals surface area contributed by atoms with Crippen LogP contribution in [0.3, 0.4) is 0 Å². The van der Waals surface area contributed by atoms with E-state index < -0.39 is 0 Å². The molecule has 0 heteroatoms. The van der Waals surface area contributed by atoms with Crippen LogP contribution in [-0.4, -0.2) is 0 Å². The predicted molar refractivity (Wildman–Crippen MR) is 289 cm³/mol. The molecule has 0 heterocycles. The fourth-order valence-electron chi connectivity index (χ4n) is 11.0. The van der Waals surface area contributed by atoms with Gasteiger partial charge < -0.3 is 0 Å². The predicted octanol–water partition coefficient (Wildman–Crippen LogP) is 18.9. The van der Waals surface area contributed by atoms with Crippen molar-refractivity contribution in [2.45, 2.75) is 6.92 Å². The van der Waals surface area contributed by atoms with E-state index in [2.05, 4.69) is 256 Å². The van der Waals surface area contributed by atoms with E-state index in [0.29, 0.717) is 0 Å². The summed E-state index contributed by atoms with van der Waals surface area (Å²) in [6.07, 6.45) is 0. The van der Waals surface area contributed by atoms with Crippen molar-refractivity contribution >= 4 is 64.6 Å². The molecule has 0 saturated carbocycles. The summed E-state index contributed by atoms with van der Waals surface area (Å²) in [6.45, 7) is 2.21. The van der Waals surface area contributed by atoms with E-state index in [1.165, 1.54) is 137 Å². The van der Waals surface area contributed by atoms with Gasteiger partial charge in [0.1, 0.15) is 0 Å². The van der Waals surface area contributed by atoms with Crippen LogP contribution in [0.15, 0.2) is 249 Å². The highest BCUT2D eigenvalue weighted by Gasteiger charge is 2.19.